The van der Waals surface area contributed by atoms with E-state index in [0.717, 1.165) is 36.7 Å². The maximum Gasteiger partial charge on any atom is 0.251 e. The number of alkyl halides is 1. The van der Waals surface area contributed by atoms with Crippen LogP contribution in [0.15, 0.2) is 18.2 Å². The number of fused-ring (bicyclic) bond motifs is 1. The molecular formula is C16H22BrNO. The Labute approximate surface area is 124 Å². The first-order valence-electron chi connectivity index (χ1n) is 7.16. The Morgan fingerprint density at radius 1 is 1.37 bits per heavy atom. The van der Waals surface area contributed by atoms with Gasteiger partial charge in [-0.25, -0.2) is 0 Å². The summed E-state index contributed by atoms with van der Waals surface area (Å²) in [5.74, 6) is 0.748. The Morgan fingerprint density at radius 3 is 2.95 bits per heavy atom. The highest BCUT2D eigenvalue weighted by Gasteiger charge is 2.13. The fourth-order valence-corrected chi connectivity index (χ4v) is 2.87. The van der Waals surface area contributed by atoms with Gasteiger partial charge in [0.15, 0.2) is 0 Å². The molecule has 2 rings (SSSR count). The van der Waals surface area contributed by atoms with Crippen molar-refractivity contribution in [2.75, 3.05) is 11.9 Å². The lowest BCUT2D eigenvalue weighted by Gasteiger charge is -2.09. The van der Waals surface area contributed by atoms with Crippen LogP contribution in [0.3, 0.4) is 0 Å². The lowest BCUT2D eigenvalue weighted by molar-refractivity contribution is 0.0952. The quantitative estimate of drug-likeness (QED) is 0.627. The zero-order valence-corrected chi connectivity index (χ0v) is 13.1. The maximum absolute atomic E-state index is 12.0. The van der Waals surface area contributed by atoms with E-state index in [2.05, 4.69) is 40.3 Å². The minimum Gasteiger partial charge on any atom is -0.352 e. The number of aryl methyl sites for hydroxylation is 2. The highest BCUT2D eigenvalue weighted by atomic mass is 79.9. The zero-order chi connectivity index (χ0) is 13.7. The van der Waals surface area contributed by atoms with Crippen LogP contribution in [0.4, 0.5) is 0 Å². The molecule has 2 nitrogen and oxygen atoms in total. The van der Waals surface area contributed by atoms with Gasteiger partial charge in [-0.05, 0) is 61.3 Å². The summed E-state index contributed by atoms with van der Waals surface area (Å²) in [5, 5.41) is 4.05. The molecule has 1 aliphatic rings. The van der Waals surface area contributed by atoms with Gasteiger partial charge in [-0.15, -0.1) is 0 Å². The van der Waals surface area contributed by atoms with Crippen LogP contribution in [0, 0.1) is 5.92 Å². The second-order valence-electron chi connectivity index (χ2n) is 5.49. The van der Waals surface area contributed by atoms with Gasteiger partial charge >= 0.3 is 0 Å². The summed E-state index contributed by atoms with van der Waals surface area (Å²) >= 11 is 3.47. The molecule has 0 heterocycles. The number of halogens is 1. The number of nitrogens with one attached hydrogen (secondary N) is 1. The molecule has 104 valence electrons. The first kappa shape index (κ1) is 14.6. The van der Waals surface area contributed by atoms with E-state index in [1.54, 1.807) is 0 Å². The van der Waals surface area contributed by atoms with Crippen LogP contribution in [0.25, 0.3) is 0 Å². The Balaban J connectivity index is 1.80. The summed E-state index contributed by atoms with van der Waals surface area (Å²) in [4.78, 5) is 12.0. The molecule has 1 amide bonds. The molecular weight excluding hydrogens is 302 g/mol. The Hall–Kier alpha value is -0.830. The number of benzene rings is 1. The fraction of sp³-hybridized carbons (Fsp3) is 0.562. The third-order valence-electron chi connectivity index (χ3n) is 3.78. The van der Waals surface area contributed by atoms with Crippen molar-refractivity contribution in [2.24, 2.45) is 5.92 Å². The van der Waals surface area contributed by atoms with E-state index in [-0.39, 0.29) is 5.91 Å². The van der Waals surface area contributed by atoms with Gasteiger partial charge in [0.2, 0.25) is 0 Å². The second-order valence-corrected chi connectivity index (χ2v) is 6.14. The predicted octanol–water partition coefficient (Wildman–Crippen LogP) is 3.72. The van der Waals surface area contributed by atoms with E-state index >= 15 is 0 Å². The number of hydrogen-bond acceptors (Lipinski definition) is 1. The normalized spacial score (nSPS) is 15.1. The lowest BCUT2D eigenvalue weighted by Crippen LogP contribution is -2.24. The van der Waals surface area contributed by atoms with Crippen LogP contribution in [0.2, 0.25) is 0 Å². The molecule has 0 saturated carbocycles. The monoisotopic (exact) mass is 323 g/mol. The van der Waals surface area contributed by atoms with E-state index < -0.39 is 0 Å². The zero-order valence-electron chi connectivity index (χ0n) is 11.5. The molecule has 3 heteroatoms. The van der Waals surface area contributed by atoms with Crippen LogP contribution in [0.5, 0.6) is 0 Å². The number of amides is 1. The Morgan fingerprint density at radius 2 is 2.16 bits per heavy atom. The highest BCUT2D eigenvalue weighted by Crippen LogP contribution is 2.22. The lowest BCUT2D eigenvalue weighted by atomic mass is 10.1. The summed E-state index contributed by atoms with van der Waals surface area (Å²) in [6.07, 6.45) is 5.71. The molecule has 1 aromatic rings. The predicted molar refractivity (Wildman–Crippen MR) is 83.0 cm³/mol. The molecule has 1 atom stereocenters. The fourth-order valence-electron chi connectivity index (χ4n) is 2.54. The van der Waals surface area contributed by atoms with Gasteiger partial charge in [0.25, 0.3) is 5.91 Å². The molecule has 1 N–H and O–H groups in total. The first-order chi connectivity index (χ1) is 9.20. The van der Waals surface area contributed by atoms with Gasteiger partial charge in [-0.2, -0.15) is 0 Å². The summed E-state index contributed by atoms with van der Waals surface area (Å²) < 4.78 is 0. The minimum atomic E-state index is 0.0706. The van der Waals surface area contributed by atoms with Crippen molar-refractivity contribution in [2.45, 2.75) is 39.0 Å². The third kappa shape index (κ3) is 4.07. The number of rotatable bonds is 6. The average Bonchev–Trinajstić information content (AvgIpc) is 2.90. The molecule has 0 bridgehead atoms. The molecule has 0 radical (unpaired) electrons. The molecule has 0 saturated heterocycles. The van der Waals surface area contributed by atoms with E-state index in [0.29, 0.717) is 5.92 Å². The number of carbonyl (C=O) groups excluding carboxylic acids is 1. The molecule has 1 aliphatic carbocycles. The van der Waals surface area contributed by atoms with Gasteiger partial charge in [-0.3, -0.25) is 4.79 Å². The maximum atomic E-state index is 12.0. The Bertz CT molecular complexity index is 444. The van der Waals surface area contributed by atoms with Crippen molar-refractivity contribution in [1.29, 1.82) is 0 Å². The van der Waals surface area contributed by atoms with Crippen LogP contribution in [-0.4, -0.2) is 17.8 Å². The molecule has 1 aromatic carbocycles. The number of hydrogen-bond donors (Lipinski definition) is 1. The van der Waals surface area contributed by atoms with Gasteiger partial charge in [0.05, 0.1) is 0 Å². The first-order valence-corrected chi connectivity index (χ1v) is 8.29. The van der Waals surface area contributed by atoms with Gasteiger partial charge in [0.1, 0.15) is 0 Å². The van der Waals surface area contributed by atoms with Crippen molar-refractivity contribution in [1.82, 2.24) is 5.32 Å². The molecule has 19 heavy (non-hydrogen) atoms. The van der Waals surface area contributed by atoms with Crippen LogP contribution >= 0.6 is 15.9 Å². The summed E-state index contributed by atoms with van der Waals surface area (Å²) in [5.41, 5.74) is 3.59. The van der Waals surface area contributed by atoms with E-state index in [1.165, 1.54) is 24.0 Å². The molecule has 1 unspecified atom stereocenters. The van der Waals surface area contributed by atoms with Crippen molar-refractivity contribution < 1.29 is 4.79 Å². The smallest absolute Gasteiger partial charge is 0.251 e. The summed E-state index contributed by atoms with van der Waals surface area (Å²) in [6.45, 7) is 2.99. The Kier molecular flexibility index (Phi) is 5.44. The van der Waals surface area contributed by atoms with Gasteiger partial charge < -0.3 is 5.32 Å². The van der Waals surface area contributed by atoms with Gasteiger partial charge in [0, 0.05) is 17.4 Å². The standard InChI is InChI=1S/C16H22BrNO/c1-12(11-17)4-3-9-18-16(19)15-8-7-13-5-2-6-14(13)10-15/h7-8,10,12H,2-6,9,11H2,1H3,(H,18,19). The number of carbonyl (C=O) groups is 1. The largest absolute Gasteiger partial charge is 0.352 e. The molecule has 0 aromatic heterocycles. The topological polar surface area (TPSA) is 29.1 Å². The van der Waals surface area contributed by atoms with Crippen molar-refractivity contribution in [3.63, 3.8) is 0 Å². The molecule has 0 fully saturated rings. The van der Waals surface area contributed by atoms with E-state index in [4.69, 9.17) is 0 Å². The van der Waals surface area contributed by atoms with Gasteiger partial charge in [-0.1, -0.05) is 28.9 Å². The second kappa shape index (κ2) is 7.09. The average molecular weight is 324 g/mol. The summed E-state index contributed by atoms with van der Waals surface area (Å²) in [7, 11) is 0. The van der Waals surface area contributed by atoms with Crippen LogP contribution in [0.1, 0.15) is 47.7 Å². The minimum absolute atomic E-state index is 0.0706. The van der Waals surface area contributed by atoms with Crippen molar-refractivity contribution in [3.8, 4) is 0 Å². The van der Waals surface area contributed by atoms with Crippen molar-refractivity contribution in [3.05, 3.63) is 34.9 Å². The molecule has 0 spiro atoms. The van der Waals surface area contributed by atoms with Crippen molar-refractivity contribution >= 4 is 21.8 Å². The van der Waals surface area contributed by atoms with E-state index in [1.807, 2.05) is 6.07 Å². The van der Waals surface area contributed by atoms with E-state index in [9.17, 15) is 4.79 Å². The highest BCUT2D eigenvalue weighted by molar-refractivity contribution is 9.09. The SMILES string of the molecule is CC(CBr)CCCNC(=O)c1ccc2c(c1)CCC2. The van der Waals surface area contributed by atoms with Crippen LogP contribution in [-0.2, 0) is 12.8 Å². The van der Waals surface area contributed by atoms with Crippen LogP contribution < -0.4 is 5.32 Å². The third-order valence-corrected chi connectivity index (χ3v) is 4.89. The molecule has 0 aliphatic heterocycles. The summed E-state index contributed by atoms with van der Waals surface area (Å²) in [6, 6.07) is 6.14.